The number of carbonyl (C=O) groups is 2. The molecular formula is C19H26N4O3. The lowest BCUT2D eigenvalue weighted by Gasteiger charge is -2.21. The van der Waals surface area contributed by atoms with Gasteiger partial charge in [-0.1, -0.05) is 6.92 Å². The molecule has 0 bridgehead atoms. The molecule has 2 aromatic heterocycles. The summed E-state index contributed by atoms with van der Waals surface area (Å²) in [5.41, 5.74) is 2.31. The van der Waals surface area contributed by atoms with Crippen LogP contribution in [-0.2, 0) is 9.53 Å². The number of rotatable bonds is 6. The van der Waals surface area contributed by atoms with Crippen LogP contribution in [0.2, 0.25) is 0 Å². The van der Waals surface area contributed by atoms with Crippen molar-refractivity contribution in [2.75, 3.05) is 20.7 Å². The molecule has 26 heavy (non-hydrogen) atoms. The predicted molar refractivity (Wildman–Crippen MR) is 98.0 cm³/mol. The maximum atomic E-state index is 13.1. The first-order valence-electron chi connectivity index (χ1n) is 9.05. The first-order chi connectivity index (χ1) is 12.3. The van der Waals surface area contributed by atoms with Crippen LogP contribution in [0.15, 0.2) is 12.3 Å². The number of hydrogen-bond donors (Lipinski definition) is 0. The van der Waals surface area contributed by atoms with E-state index in [0.29, 0.717) is 18.0 Å². The fourth-order valence-electron chi connectivity index (χ4n) is 3.16. The Morgan fingerprint density at radius 3 is 2.62 bits per heavy atom. The molecule has 1 saturated carbocycles. The quantitative estimate of drug-likeness (QED) is 0.742. The van der Waals surface area contributed by atoms with Gasteiger partial charge < -0.3 is 9.64 Å². The minimum absolute atomic E-state index is 0.127. The third-order valence-electron chi connectivity index (χ3n) is 4.80. The van der Waals surface area contributed by atoms with Gasteiger partial charge >= 0.3 is 5.97 Å². The fraction of sp³-hybridized carbons (Fsp3) is 0.579. The van der Waals surface area contributed by atoms with Crippen LogP contribution < -0.4 is 0 Å². The lowest BCUT2D eigenvalue weighted by molar-refractivity contribution is -0.145. The maximum absolute atomic E-state index is 13.1. The smallest absolute Gasteiger partial charge is 0.310 e. The topological polar surface area (TPSA) is 77.3 Å². The van der Waals surface area contributed by atoms with E-state index < -0.39 is 0 Å². The van der Waals surface area contributed by atoms with E-state index in [1.165, 1.54) is 7.11 Å². The molecule has 1 amide bonds. The molecule has 0 N–H and O–H groups in total. The summed E-state index contributed by atoms with van der Waals surface area (Å²) in [7, 11) is 3.06. The van der Waals surface area contributed by atoms with Gasteiger partial charge in [-0.2, -0.15) is 5.10 Å². The minimum atomic E-state index is -0.382. The summed E-state index contributed by atoms with van der Waals surface area (Å²) < 4.78 is 6.61. The first-order valence-corrected chi connectivity index (χ1v) is 9.05. The Kier molecular flexibility index (Phi) is 4.98. The Morgan fingerprint density at radius 1 is 1.35 bits per heavy atom. The predicted octanol–water partition coefficient (Wildman–Crippen LogP) is 2.77. The zero-order chi connectivity index (χ0) is 19.0. The summed E-state index contributed by atoms with van der Waals surface area (Å²) in [5, 5.41) is 5.19. The zero-order valence-electron chi connectivity index (χ0n) is 16.0. The summed E-state index contributed by atoms with van der Waals surface area (Å²) in [6, 6.07) is 2.06. The van der Waals surface area contributed by atoms with E-state index in [1.54, 1.807) is 25.1 Å². The van der Waals surface area contributed by atoms with Crippen LogP contribution in [-0.4, -0.2) is 52.2 Å². The van der Waals surface area contributed by atoms with Crippen molar-refractivity contribution in [3.05, 3.63) is 23.5 Å². The van der Waals surface area contributed by atoms with Gasteiger partial charge in [0, 0.05) is 31.2 Å². The van der Waals surface area contributed by atoms with Crippen LogP contribution in [0.5, 0.6) is 0 Å². The molecule has 1 aliphatic rings. The SMILES string of the molecule is COC(=O)C(C)CN(C)C(=O)c1cc(C2CC2)nc2c1cnn2C(C)C. The van der Waals surface area contributed by atoms with Gasteiger partial charge in [0.15, 0.2) is 5.65 Å². The van der Waals surface area contributed by atoms with Gasteiger partial charge in [-0.05, 0) is 32.8 Å². The number of fused-ring (bicyclic) bond motifs is 1. The summed E-state index contributed by atoms with van der Waals surface area (Å²) in [4.78, 5) is 31.1. The Labute approximate surface area is 153 Å². The normalized spacial score (nSPS) is 15.3. The third kappa shape index (κ3) is 3.43. The molecule has 2 aromatic rings. The van der Waals surface area contributed by atoms with Gasteiger partial charge in [0.05, 0.1) is 30.2 Å². The van der Waals surface area contributed by atoms with Crippen molar-refractivity contribution in [3.63, 3.8) is 0 Å². The lowest BCUT2D eigenvalue weighted by Crippen LogP contribution is -2.34. The highest BCUT2D eigenvalue weighted by Crippen LogP contribution is 2.40. The molecule has 3 rings (SSSR count). The van der Waals surface area contributed by atoms with E-state index in [2.05, 4.69) is 5.10 Å². The molecule has 0 aliphatic heterocycles. The van der Waals surface area contributed by atoms with Gasteiger partial charge in [0.25, 0.3) is 5.91 Å². The van der Waals surface area contributed by atoms with Crippen molar-refractivity contribution in [2.24, 2.45) is 5.92 Å². The first kappa shape index (κ1) is 18.4. The van der Waals surface area contributed by atoms with E-state index in [4.69, 9.17) is 9.72 Å². The monoisotopic (exact) mass is 358 g/mol. The molecule has 0 saturated heterocycles. The van der Waals surface area contributed by atoms with Crippen molar-refractivity contribution in [2.45, 2.75) is 45.6 Å². The average molecular weight is 358 g/mol. The van der Waals surface area contributed by atoms with E-state index in [9.17, 15) is 9.59 Å². The Hall–Kier alpha value is -2.44. The van der Waals surface area contributed by atoms with Crippen LogP contribution >= 0.6 is 0 Å². The van der Waals surface area contributed by atoms with Gasteiger partial charge in [0.2, 0.25) is 0 Å². The van der Waals surface area contributed by atoms with Crippen LogP contribution in [0.25, 0.3) is 11.0 Å². The number of nitrogens with zero attached hydrogens (tertiary/aromatic N) is 4. The van der Waals surface area contributed by atoms with E-state index in [0.717, 1.165) is 29.6 Å². The third-order valence-corrected chi connectivity index (χ3v) is 4.80. The van der Waals surface area contributed by atoms with Crippen molar-refractivity contribution in [3.8, 4) is 0 Å². The minimum Gasteiger partial charge on any atom is -0.469 e. The molecular weight excluding hydrogens is 332 g/mol. The van der Waals surface area contributed by atoms with E-state index >= 15 is 0 Å². The molecule has 7 nitrogen and oxygen atoms in total. The summed E-state index contributed by atoms with van der Waals surface area (Å²) in [5.74, 6) is -0.400. The largest absolute Gasteiger partial charge is 0.469 e. The summed E-state index contributed by atoms with van der Waals surface area (Å²) in [6.07, 6.45) is 3.93. The van der Waals surface area contributed by atoms with E-state index in [1.807, 2.05) is 24.6 Å². The number of ether oxygens (including phenoxy) is 1. The summed E-state index contributed by atoms with van der Waals surface area (Å²) in [6.45, 7) is 6.14. The second kappa shape index (κ2) is 7.05. The molecule has 140 valence electrons. The lowest BCUT2D eigenvalue weighted by atomic mass is 10.1. The van der Waals surface area contributed by atoms with E-state index in [-0.39, 0.29) is 23.8 Å². The van der Waals surface area contributed by atoms with Crippen LogP contribution in [0.4, 0.5) is 0 Å². The Balaban J connectivity index is 1.97. The highest BCUT2D eigenvalue weighted by molar-refractivity contribution is 6.05. The second-order valence-corrected chi connectivity index (χ2v) is 7.40. The molecule has 0 radical (unpaired) electrons. The second-order valence-electron chi connectivity index (χ2n) is 7.40. The molecule has 7 heteroatoms. The number of hydrogen-bond acceptors (Lipinski definition) is 5. The van der Waals surface area contributed by atoms with Gasteiger partial charge in [-0.3, -0.25) is 9.59 Å². The van der Waals surface area contributed by atoms with Gasteiger partial charge in [-0.25, -0.2) is 9.67 Å². The molecule has 1 unspecified atom stereocenters. The highest BCUT2D eigenvalue weighted by atomic mass is 16.5. The standard InChI is InChI=1S/C19H26N4O3/c1-11(2)23-17-15(9-20-23)14(8-16(21-17)13-6-7-13)18(24)22(4)10-12(3)19(25)26-5/h8-9,11-13H,6-7,10H2,1-5H3. The number of amides is 1. The van der Waals surface area contributed by atoms with Crippen molar-refractivity contribution >= 4 is 22.9 Å². The van der Waals surface area contributed by atoms with Crippen LogP contribution in [0, 0.1) is 5.92 Å². The molecule has 0 aromatic carbocycles. The molecule has 1 fully saturated rings. The molecule has 2 heterocycles. The number of esters is 1. The fourth-order valence-corrected chi connectivity index (χ4v) is 3.16. The molecule has 1 aliphatic carbocycles. The number of carbonyl (C=O) groups excluding carboxylic acids is 2. The van der Waals surface area contributed by atoms with Crippen molar-refractivity contribution in [1.29, 1.82) is 0 Å². The summed E-state index contributed by atoms with van der Waals surface area (Å²) >= 11 is 0. The van der Waals surface area contributed by atoms with Gasteiger partial charge in [0.1, 0.15) is 0 Å². The Bertz CT molecular complexity index is 839. The highest BCUT2D eigenvalue weighted by Gasteiger charge is 2.29. The van der Waals surface area contributed by atoms with Crippen molar-refractivity contribution in [1.82, 2.24) is 19.7 Å². The Morgan fingerprint density at radius 2 is 2.04 bits per heavy atom. The number of methoxy groups -OCH3 is 1. The average Bonchev–Trinajstić information content (AvgIpc) is 3.38. The van der Waals surface area contributed by atoms with Crippen LogP contribution in [0.1, 0.15) is 61.6 Å². The van der Waals surface area contributed by atoms with Crippen molar-refractivity contribution < 1.29 is 14.3 Å². The number of aromatic nitrogens is 3. The van der Waals surface area contributed by atoms with Gasteiger partial charge in [-0.15, -0.1) is 0 Å². The molecule has 0 spiro atoms. The molecule has 1 atom stereocenters. The zero-order valence-corrected chi connectivity index (χ0v) is 16.0. The van der Waals surface area contributed by atoms with Crippen LogP contribution in [0.3, 0.4) is 0 Å². The maximum Gasteiger partial charge on any atom is 0.310 e. The number of pyridine rings is 1.